The number of carbonyl (C=O) groups excluding carboxylic acids is 1. The molecule has 0 saturated carbocycles. The van der Waals surface area contributed by atoms with E-state index in [2.05, 4.69) is 5.32 Å². The van der Waals surface area contributed by atoms with Gasteiger partial charge in [0.2, 0.25) is 5.91 Å². The van der Waals surface area contributed by atoms with Crippen LogP contribution in [0.3, 0.4) is 0 Å². The Morgan fingerprint density at radius 2 is 2.13 bits per heavy atom. The van der Waals surface area contributed by atoms with Crippen LogP contribution in [-0.4, -0.2) is 49.0 Å². The first-order valence-electron chi connectivity index (χ1n) is 5.76. The molecule has 3 nitrogen and oxygen atoms in total. The first-order chi connectivity index (χ1) is 7.24. The van der Waals surface area contributed by atoms with Crippen molar-refractivity contribution < 1.29 is 4.79 Å². The van der Waals surface area contributed by atoms with Gasteiger partial charge in [0.15, 0.2) is 0 Å². The summed E-state index contributed by atoms with van der Waals surface area (Å²) in [5.41, 5.74) is 0. The lowest BCUT2D eigenvalue weighted by atomic mass is 10.0. The molecule has 0 aromatic heterocycles. The van der Waals surface area contributed by atoms with Crippen LogP contribution in [-0.2, 0) is 4.79 Å². The van der Waals surface area contributed by atoms with Gasteiger partial charge in [-0.3, -0.25) is 4.79 Å². The van der Waals surface area contributed by atoms with E-state index < -0.39 is 0 Å². The number of hydrogen-bond acceptors (Lipinski definition) is 3. The molecule has 1 fully saturated rings. The molecule has 1 N–H and O–H groups in total. The first kappa shape index (κ1) is 12.8. The van der Waals surface area contributed by atoms with Crippen LogP contribution in [0.2, 0.25) is 0 Å². The second-order valence-electron chi connectivity index (χ2n) is 4.09. The summed E-state index contributed by atoms with van der Waals surface area (Å²) < 4.78 is 0. The first-order valence-corrected chi connectivity index (χ1v) is 6.92. The molecule has 1 amide bonds. The summed E-state index contributed by atoms with van der Waals surface area (Å²) in [7, 11) is 1.85. The smallest absolute Gasteiger partial charge is 0.236 e. The standard InChI is InChI=1S/C11H22N2OS/c1-3-13(2)11(14)9-12-8-10-4-6-15-7-5-10/h10,12H,3-9H2,1-2H3. The molecule has 0 spiro atoms. The molecule has 15 heavy (non-hydrogen) atoms. The number of rotatable bonds is 5. The van der Waals surface area contributed by atoms with Crippen molar-refractivity contribution in [2.75, 3.05) is 38.2 Å². The SMILES string of the molecule is CCN(C)C(=O)CNCC1CCSCC1. The topological polar surface area (TPSA) is 32.3 Å². The third-order valence-corrected chi connectivity index (χ3v) is 4.00. The van der Waals surface area contributed by atoms with Crippen LogP contribution in [0.4, 0.5) is 0 Å². The van der Waals surface area contributed by atoms with E-state index in [4.69, 9.17) is 0 Å². The minimum Gasteiger partial charge on any atom is -0.345 e. The quantitative estimate of drug-likeness (QED) is 0.770. The highest BCUT2D eigenvalue weighted by molar-refractivity contribution is 7.99. The normalized spacial score (nSPS) is 17.7. The van der Waals surface area contributed by atoms with Crippen LogP contribution < -0.4 is 5.32 Å². The lowest BCUT2D eigenvalue weighted by Gasteiger charge is -2.22. The lowest BCUT2D eigenvalue weighted by Crippen LogP contribution is -2.37. The van der Waals surface area contributed by atoms with Gasteiger partial charge >= 0.3 is 0 Å². The predicted octanol–water partition coefficient (Wildman–Crippen LogP) is 1.20. The van der Waals surface area contributed by atoms with Crippen molar-refractivity contribution in [1.82, 2.24) is 10.2 Å². The van der Waals surface area contributed by atoms with Crippen LogP contribution in [0.25, 0.3) is 0 Å². The molecule has 0 aromatic carbocycles. The fourth-order valence-electron chi connectivity index (χ4n) is 1.65. The van der Waals surface area contributed by atoms with Gasteiger partial charge < -0.3 is 10.2 Å². The van der Waals surface area contributed by atoms with E-state index in [1.165, 1.54) is 24.3 Å². The zero-order chi connectivity index (χ0) is 11.1. The molecule has 0 aliphatic carbocycles. The van der Waals surface area contributed by atoms with E-state index in [-0.39, 0.29) is 5.91 Å². The average Bonchev–Trinajstić information content (AvgIpc) is 2.29. The Labute approximate surface area is 97.0 Å². The molecule has 0 aromatic rings. The monoisotopic (exact) mass is 230 g/mol. The number of nitrogens with one attached hydrogen (secondary N) is 1. The molecular formula is C11H22N2OS. The summed E-state index contributed by atoms with van der Waals surface area (Å²) in [6.45, 7) is 4.29. The second-order valence-corrected chi connectivity index (χ2v) is 5.32. The molecular weight excluding hydrogens is 208 g/mol. The average molecular weight is 230 g/mol. The van der Waals surface area contributed by atoms with Gasteiger partial charge in [-0.05, 0) is 43.7 Å². The minimum atomic E-state index is 0.197. The fourth-order valence-corrected chi connectivity index (χ4v) is 2.85. The van der Waals surface area contributed by atoms with Crippen LogP contribution in [0.5, 0.6) is 0 Å². The van der Waals surface area contributed by atoms with Gasteiger partial charge in [0.1, 0.15) is 0 Å². The molecule has 1 saturated heterocycles. The number of carbonyl (C=O) groups is 1. The van der Waals surface area contributed by atoms with Gasteiger partial charge in [0, 0.05) is 13.6 Å². The Bertz CT molecular complexity index is 193. The summed E-state index contributed by atoms with van der Waals surface area (Å²) in [5, 5.41) is 3.27. The van der Waals surface area contributed by atoms with Crippen molar-refractivity contribution in [3.05, 3.63) is 0 Å². The van der Waals surface area contributed by atoms with Crippen molar-refractivity contribution in [1.29, 1.82) is 0 Å². The fraction of sp³-hybridized carbons (Fsp3) is 0.909. The summed E-state index contributed by atoms with van der Waals surface area (Å²) in [5.74, 6) is 3.55. The Morgan fingerprint density at radius 1 is 1.47 bits per heavy atom. The van der Waals surface area contributed by atoms with Crippen LogP contribution >= 0.6 is 11.8 Å². The van der Waals surface area contributed by atoms with E-state index in [1.54, 1.807) is 4.90 Å². The zero-order valence-electron chi connectivity index (χ0n) is 9.79. The number of hydrogen-bond donors (Lipinski definition) is 1. The highest BCUT2D eigenvalue weighted by atomic mass is 32.2. The number of amides is 1. The summed E-state index contributed by atoms with van der Waals surface area (Å²) in [6.07, 6.45) is 2.60. The maximum atomic E-state index is 11.5. The van der Waals surface area contributed by atoms with E-state index in [0.717, 1.165) is 19.0 Å². The molecule has 1 rings (SSSR count). The third-order valence-electron chi connectivity index (χ3n) is 2.95. The molecule has 0 unspecified atom stereocenters. The van der Waals surface area contributed by atoms with Crippen LogP contribution in [0, 0.1) is 5.92 Å². The molecule has 0 bridgehead atoms. The summed E-state index contributed by atoms with van der Waals surface area (Å²) in [4.78, 5) is 13.2. The van der Waals surface area contributed by atoms with Crippen molar-refractivity contribution in [2.45, 2.75) is 19.8 Å². The van der Waals surface area contributed by atoms with Crippen molar-refractivity contribution in [2.24, 2.45) is 5.92 Å². The number of nitrogens with zero attached hydrogens (tertiary/aromatic N) is 1. The second kappa shape index (κ2) is 7.12. The third kappa shape index (κ3) is 4.89. The largest absolute Gasteiger partial charge is 0.345 e. The van der Waals surface area contributed by atoms with E-state index in [9.17, 15) is 4.79 Å². The molecule has 0 radical (unpaired) electrons. The maximum absolute atomic E-state index is 11.5. The predicted molar refractivity (Wildman–Crippen MR) is 66.2 cm³/mol. The van der Waals surface area contributed by atoms with Crippen molar-refractivity contribution in [3.63, 3.8) is 0 Å². The highest BCUT2D eigenvalue weighted by Gasteiger charge is 2.14. The van der Waals surface area contributed by atoms with Gasteiger partial charge in [-0.15, -0.1) is 0 Å². The maximum Gasteiger partial charge on any atom is 0.236 e. The Balaban J connectivity index is 2.07. The van der Waals surface area contributed by atoms with E-state index in [0.29, 0.717) is 6.54 Å². The minimum absolute atomic E-state index is 0.197. The Morgan fingerprint density at radius 3 is 2.73 bits per heavy atom. The summed E-state index contributed by atoms with van der Waals surface area (Å²) >= 11 is 2.04. The van der Waals surface area contributed by atoms with Gasteiger partial charge in [0.25, 0.3) is 0 Å². The molecule has 1 heterocycles. The van der Waals surface area contributed by atoms with E-state index in [1.807, 2.05) is 25.7 Å². The number of likely N-dealkylation sites (N-methyl/N-ethyl adjacent to an activating group) is 1. The Hall–Kier alpha value is -0.220. The molecule has 88 valence electrons. The highest BCUT2D eigenvalue weighted by Crippen LogP contribution is 2.21. The summed E-state index contributed by atoms with van der Waals surface area (Å²) in [6, 6.07) is 0. The zero-order valence-corrected chi connectivity index (χ0v) is 10.6. The van der Waals surface area contributed by atoms with Gasteiger partial charge in [-0.1, -0.05) is 0 Å². The van der Waals surface area contributed by atoms with Crippen molar-refractivity contribution >= 4 is 17.7 Å². The lowest BCUT2D eigenvalue weighted by molar-refractivity contribution is -0.128. The molecule has 0 atom stereocenters. The molecule has 1 aliphatic rings. The van der Waals surface area contributed by atoms with Crippen LogP contribution in [0.15, 0.2) is 0 Å². The van der Waals surface area contributed by atoms with E-state index >= 15 is 0 Å². The molecule has 4 heteroatoms. The van der Waals surface area contributed by atoms with Gasteiger partial charge in [-0.25, -0.2) is 0 Å². The Kier molecular flexibility index (Phi) is 6.10. The number of thioether (sulfide) groups is 1. The van der Waals surface area contributed by atoms with Gasteiger partial charge in [0.05, 0.1) is 6.54 Å². The van der Waals surface area contributed by atoms with Crippen molar-refractivity contribution in [3.8, 4) is 0 Å². The molecule has 1 aliphatic heterocycles. The van der Waals surface area contributed by atoms with Gasteiger partial charge in [-0.2, -0.15) is 11.8 Å². The van der Waals surface area contributed by atoms with Crippen LogP contribution in [0.1, 0.15) is 19.8 Å².